The van der Waals surface area contributed by atoms with Gasteiger partial charge in [0.25, 0.3) is 0 Å². The van der Waals surface area contributed by atoms with Gasteiger partial charge in [-0.3, -0.25) is 4.90 Å². The number of hydrogen-bond acceptors (Lipinski definition) is 3. The molecule has 1 fully saturated rings. The fourth-order valence-electron chi connectivity index (χ4n) is 3.05. The van der Waals surface area contributed by atoms with Gasteiger partial charge < -0.3 is 9.84 Å². The van der Waals surface area contributed by atoms with Gasteiger partial charge in [0.15, 0.2) is 0 Å². The Bertz CT molecular complexity index is 577. The maximum absolute atomic E-state index is 9.37. The van der Waals surface area contributed by atoms with E-state index in [1.165, 1.54) is 24.0 Å². The number of hydrogen-bond donors (Lipinski definition) is 1. The second-order valence-electron chi connectivity index (χ2n) is 5.57. The summed E-state index contributed by atoms with van der Waals surface area (Å²) in [5, 5.41) is 9.37. The van der Waals surface area contributed by atoms with Gasteiger partial charge in [-0.25, -0.2) is 0 Å². The largest absolute Gasteiger partial charge is 0.508 e. The second kappa shape index (κ2) is 6.19. The monoisotopic (exact) mass is 283 g/mol. The van der Waals surface area contributed by atoms with E-state index in [0.29, 0.717) is 11.8 Å². The standard InChI is InChI=1S/C18H21NO2/c1-21-17-10-6-15(7-11-17)18-3-2-12-19(18)13-14-4-8-16(20)9-5-14/h4-11,18,20H,2-3,12-13H2,1H3/t18-/m1/s1. The number of aromatic hydroxyl groups is 1. The highest BCUT2D eigenvalue weighted by Gasteiger charge is 2.25. The molecule has 3 nitrogen and oxygen atoms in total. The molecule has 3 rings (SSSR count). The Labute approximate surface area is 125 Å². The summed E-state index contributed by atoms with van der Waals surface area (Å²) < 4.78 is 5.23. The van der Waals surface area contributed by atoms with Crippen molar-refractivity contribution in [3.63, 3.8) is 0 Å². The van der Waals surface area contributed by atoms with Gasteiger partial charge in [0.05, 0.1) is 7.11 Å². The van der Waals surface area contributed by atoms with Crippen LogP contribution in [-0.2, 0) is 6.54 Å². The fraction of sp³-hybridized carbons (Fsp3) is 0.333. The lowest BCUT2D eigenvalue weighted by Gasteiger charge is -2.25. The Morgan fingerprint density at radius 1 is 1.10 bits per heavy atom. The van der Waals surface area contributed by atoms with Gasteiger partial charge in [0.2, 0.25) is 0 Å². The Kier molecular flexibility index (Phi) is 4.11. The molecule has 0 aromatic heterocycles. The number of methoxy groups -OCH3 is 1. The van der Waals surface area contributed by atoms with Gasteiger partial charge in [-0.1, -0.05) is 24.3 Å². The van der Waals surface area contributed by atoms with E-state index in [9.17, 15) is 5.11 Å². The minimum atomic E-state index is 0.326. The molecule has 1 aliphatic heterocycles. The van der Waals surface area contributed by atoms with E-state index in [-0.39, 0.29) is 0 Å². The predicted octanol–water partition coefficient (Wildman–Crippen LogP) is 3.74. The molecule has 2 aromatic rings. The van der Waals surface area contributed by atoms with Gasteiger partial charge in [0, 0.05) is 12.6 Å². The van der Waals surface area contributed by atoms with Gasteiger partial charge in [0.1, 0.15) is 11.5 Å². The Hall–Kier alpha value is -2.00. The molecular weight excluding hydrogens is 262 g/mol. The second-order valence-corrected chi connectivity index (χ2v) is 5.57. The zero-order chi connectivity index (χ0) is 14.7. The summed E-state index contributed by atoms with van der Waals surface area (Å²) in [5.74, 6) is 1.23. The molecule has 2 aromatic carbocycles. The topological polar surface area (TPSA) is 32.7 Å². The van der Waals surface area contributed by atoms with Crippen LogP contribution in [0.2, 0.25) is 0 Å². The first-order chi connectivity index (χ1) is 10.3. The average Bonchev–Trinajstić information content (AvgIpc) is 2.98. The van der Waals surface area contributed by atoms with E-state index in [1.54, 1.807) is 19.2 Å². The third kappa shape index (κ3) is 3.19. The summed E-state index contributed by atoms with van der Waals surface area (Å²) in [6, 6.07) is 16.4. The third-order valence-corrected chi connectivity index (χ3v) is 4.19. The zero-order valence-corrected chi connectivity index (χ0v) is 12.3. The van der Waals surface area contributed by atoms with Crippen molar-refractivity contribution >= 4 is 0 Å². The molecule has 21 heavy (non-hydrogen) atoms. The summed E-state index contributed by atoms with van der Waals surface area (Å²) in [6.07, 6.45) is 2.43. The SMILES string of the molecule is COc1ccc([C@H]2CCCN2Cc2ccc(O)cc2)cc1. The van der Waals surface area contributed by atoms with Crippen molar-refractivity contribution in [1.29, 1.82) is 0 Å². The van der Waals surface area contributed by atoms with Crippen LogP contribution >= 0.6 is 0 Å². The van der Waals surface area contributed by atoms with E-state index in [4.69, 9.17) is 4.74 Å². The molecule has 0 saturated carbocycles. The van der Waals surface area contributed by atoms with Crippen LogP contribution in [0.15, 0.2) is 48.5 Å². The maximum atomic E-state index is 9.37. The highest BCUT2D eigenvalue weighted by Crippen LogP contribution is 2.33. The molecule has 110 valence electrons. The molecule has 0 aliphatic carbocycles. The van der Waals surface area contributed by atoms with Crippen LogP contribution in [-0.4, -0.2) is 23.7 Å². The van der Waals surface area contributed by atoms with Crippen LogP contribution in [0.4, 0.5) is 0 Å². The maximum Gasteiger partial charge on any atom is 0.118 e. The molecule has 0 spiro atoms. The number of ether oxygens (including phenoxy) is 1. The van der Waals surface area contributed by atoms with Crippen LogP contribution < -0.4 is 4.74 Å². The minimum absolute atomic E-state index is 0.326. The molecule has 1 atom stereocenters. The van der Waals surface area contributed by atoms with E-state index in [0.717, 1.165) is 18.8 Å². The van der Waals surface area contributed by atoms with Gasteiger partial charge in [-0.15, -0.1) is 0 Å². The van der Waals surface area contributed by atoms with E-state index in [2.05, 4.69) is 17.0 Å². The quantitative estimate of drug-likeness (QED) is 0.928. The van der Waals surface area contributed by atoms with E-state index in [1.807, 2.05) is 24.3 Å². The molecule has 0 bridgehead atoms. The average molecular weight is 283 g/mol. The van der Waals surface area contributed by atoms with Crippen molar-refractivity contribution in [3.05, 3.63) is 59.7 Å². The van der Waals surface area contributed by atoms with E-state index >= 15 is 0 Å². The van der Waals surface area contributed by atoms with Crippen molar-refractivity contribution in [1.82, 2.24) is 4.90 Å². The predicted molar refractivity (Wildman–Crippen MR) is 83.5 cm³/mol. The lowest BCUT2D eigenvalue weighted by atomic mass is 10.0. The molecule has 0 unspecified atom stereocenters. The molecule has 1 N–H and O–H groups in total. The smallest absolute Gasteiger partial charge is 0.118 e. The number of nitrogens with zero attached hydrogens (tertiary/aromatic N) is 1. The van der Waals surface area contributed by atoms with Crippen molar-refractivity contribution in [2.75, 3.05) is 13.7 Å². The molecule has 0 radical (unpaired) electrons. The Morgan fingerprint density at radius 2 is 1.81 bits per heavy atom. The summed E-state index contributed by atoms with van der Waals surface area (Å²) in [6.45, 7) is 2.05. The normalized spacial score (nSPS) is 18.8. The van der Waals surface area contributed by atoms with Crippen molar-refractivity contribution in [3.8, 4) is 11.5 Å². The first-order valence-corrected chi connectivity index (χ1v) is 7.42. The summed E-state index contributed by atoms with van der Waals surface area (Å²) in [7, 11) is 1.70. The van der Waals surface area contributed by atoms with Gasteiger partial charge >= 0.3 is 0 Å². The Balaban J connectivity index is 1.73. The number of rotatable bonds is 4. The lowest BCUT2D eigenvalue weighted by Crippen LogP contribution is -2.22. The van der Waals surface area contributed by atoms with Crippen molar-refractivity contribution < 1.29 is 9.84 Å². The summed E-state index contributed by atoms with van der Waals surface area (Å²) in [5.41, 5.74) is 2.60. The van der Waals surface area contributed by atoms with Crippen molar-refractivity contribution in [2.45, 2.75) is 25.4 Å². The van der Waals surface area contributed by atoms with Crippen LogP contribution in [0.25, 0.3) is 0 Å². The number of phenolic OH excluding ortho intramolecular Hbond substituents is 1. The van der Waals surface area contributed by atoms with Crippen molar-refractivity contribution in [2.24, 2.45) is 0 Å². The fourth-order valence-corrected chi connectivity index (χ4v) is 3.05. The first kappa shape index (κ1) is 14.0. The summed E-state index contributed by atoms with van der Waals surface area (Å²) in [4.78, 5) is 2.51. The zero-order valence-electron chi connectivity index (χ0n) is 12.3. The highest BCUT2D eigenvalue weighted by atomic mass is 16.5. The number of benzene rings is 2. The molecular formula is C18H21NO2. The molecule has 0 amide bonds. The molecule has 1 aliphatic rings. The molecule has 3 heteroatoms. The third-order valence-electron chi connectivity index (χ3n) is 4.19. The summed E-state index contributed by atoms with van der Waals surface area (Å²) >= 11 is 0. The van der Waals surface area contributed by atoms with Crippen LogP contribution in [0.3, 0.4) is 0 Å². The van der Waals surface area contributed by atoms with Gasteiger partial charge in [-0.2, -0.15) is 0 Å². The van der Waals surface area contributed by atoms with Crippen LogP contribution in [0, 0.1) is 0 Å². The molecule has 1 heterocycles. The first-order valence-electron chi connectivity index (χ1n) is 7.42. The lowest BCUT2D eigenvalue weighted by molar-refractivity contribution is 0.248. The van der Waals surface area contributed by atoms with Crippen LogP contribution in [0.5, 0.6) is 11.5 Å². The van der Waals surface area contributed by atoms with E-state index < -0.39 is 0 Å². The van der Waals surface area contributed by atoms with Gasteiger partial charge in [-0.05, 0) is 54.8 Å². The Morgan fingerprint density at radius 3 is 2.48 bits per heavy atom. The number of phenols is 1. The van der Waals surface area contributed by atoms with Crippen LogP contribution in [0.1, 0.15) is 30.0 Å². The minimum Gasteiger partial charge on any atom is -0.508 e. The highest BCUT2D eigenvalue weighted by molar-refractivity contribution is 5.30. The number of likely N-dealkylation sites (tertiary alicyclic amines) is 1. The molecule has 1 saturated heterocycles.